The second-order valence-electron chi connectivity index (χ2n) is 8.75. The van der Waals surface area contributed by atoms with Crippen LogP contribution in [0.1, 0.15) is 64.4 Å². The van der Waals surface area contributed by atoms with E-state index in [0.717, 1.165) is 53.5 Å². The number of aryl methyl sites for hydroxylation is 2. The van der Waals surface area contributed by atoms with E-state index >= 15 is 0 Å². The van der Waals surface area contributed by atoms with Gasteiger partial charge < -0.3 is 14.0 Å². The quantitative estimate of drug-likeness (QED) is 0.717. The highest BCUT2D eigenvalue weighted by molar-refractivity contribution is 6.69. The summed E-state index contributed by atoms with van der Waals surface area (Å²) in [7, 11) is -0.520. The minimum Gasteiger partial charge on any atom is -0.399 e. The number of aromatic nitrogens is 2. The molecule has 0 N–H and O–H groups in total. The third kappa shape index (κ3) is 3.01. The van der Waals surface area contributed by atoms with Crippen molar-refractivity contribution in [1.82, 2.24) is 9.78 Å². The van der Waals surface area contributed by atoms with Crippen molar-refractivity contribution in [1.29, 1.82) is 0 Å². The lowest BCUT2D eigenvalue weighted by atomic mass is 9.75. The monoisotopic (exact) mass is 390 g/mol. The first-order valence-electron chi connectivity index (χ1n) is 9.77. The number of halogens is 1. The number of nitrogens with zero attached hydrogens (tertiary/aromatic N) is 2. The largest absolute Gasteiger partial charge is 0.497 e. The van der Waals surface area contributed by atoms with Crippen molar-refractivity contribution in [3.63, 3.8) is 0 Å². The predicted octanol–water partition coefficient (Wildman–Crippen LogP) is 4.30. The molecule has 0 radical (unpaired) electrons. The van der Waals surface area contributed by atoms with Gasteiger partial charge in [-0.1, -0.05) is 11.6 Å². The van der Waals surface area contributed by atoms with E-state index in [9.17, 15) is 0 Å². The van der Waals surface area contributed by atoms with E-state index in [1.54, 1.807) is 0 Å². The zero-order valence-corrected chi connectivity index (χ0v) is 17.8. The molecule has 1 aromatic heterocycles. The van der Waals surface area contributed by atoms with Gasteiger partial charge in [-0.05, 0) is 72.4 Å². The van der Waals surface area contributed by atoms with Gasteiger partial charge in [-0.25, -0.2) is 4.68 Å². The van der Waals surface area contributed by atoms with Crippen LogP contribution in [0.15, 0.2) is 6.07 Å². The summed E-state index contributed by atoms with van der Waals surface area (Å²) in [5.74, 6) is 0. The van der Waals surface area contributed by atoms with Crippen LogP contribution in [0.4, 0.5) is 0 Å². The molecule has 0 amide bonds. The molecule has 1 unspecified atom stereocenters. The zero-order valence-electron chi connectivity index (χ0n) is 17.1. The summed E-state index contributed by atoms with van der Waals surface area (Å²) in [4.78, 5) is 0. The van der Waals surface area contributed by atoms with Gasteiger partial charge in [-0.3, -0.25) is 0 Å². The number of benzene rings is 1. The van der Waals surface area contributed by atoms with Crippen LogP contribution in [-0.4, -0.2) is 34.7 Å². The van der Waals surface area contributed by atoms with Crippen LogP contribution >= 0.6 is 11.6 Å². The van der Waals surface area contributed by atoms with Gasteiger partial charge in [0.05, 0.1) is 22.4 Å². The first kappa shape index (κ1) is 19.3. The molecule has 2 aliphatic heterocycles. The minimum atomic E-state index is -0.520. The molecule has 0 spiro atoms. The topological polar surface area (TPSA) is 45.5 Å². The van der Waals surface area contributed by atoms with Crippen molar-refractivity contribution in [2.45, 2.75) is 78.2 Å². The zero-order chi connectivity index (χ0) is 19.6. The second kappa shape index (κ2) is 6.48. The summed E-state index contributed by atoms with van der Waals surface area (Å²) in [6, 6.07) is 2.10. The average molecular weight is 391 g/mol. The highest BCUT2D eigenvalue weighted by atomic mass is 35.5. The summed E-state index contributed by atoms with van der Waals surface area (Å²) < 4.78 is 20.7. The maximum atomic E-state index is 6.78. The van der Waals surface area contributed by atoms with E-state index in [1.165, 1.54) is 0 Å². The fourth-order valence-corrected chi connectivity index (χ4v) is 4.18. The molecular formula is C20H28BClN2O3. The average Bonchev–Trinajstić information content (AvgIpc) is 3.02. The summed E-state index contributed by atoms with van der Waals surface area (Å²) >= 11 is 6.78. The Hall–Kier alpha value is -1.08. The van der Waals surface area contributed by atoms with Crippen molar-refractivity contribution in [2.24, 2.45) is 0 Å². The lowest BCUT2D eigenvalue weighted by Crippen LogP contribution is -2.41. The Kier molecular flexibility index (Phi) is 4.62. The Bertz CT molecular complexity index is 871. The molecule has 4 rings (SSSR count). The molecule has 2 aliphatic rings. The third-order valence-electron chi connectivity index (χ3n) is 6.25. The highest BCUT2D eigenvalue weighted by Gasteiger charge is 2.53. The third-order valence-corrected chi connectivity index (χ3v) is 6.75. The van der Waals surface area contributed by atoms with Crippen molar-refractivity contribution >= 4 is 35.1 Å². The van der Waals surface area contributed by atoms with E-state index in [-0.39, 0.29) is 6.23 Å². The Morgan fingerprint density at radius 2 is 1.81 bits per heavy atom. The van der Waals surface area contributed by atoms with Crippen LogP contribution in [0, 0.1) is 13.8 Å². The molecule has 2 aromatic rings. The van der Waals surface area contributed by atoms with Gasteiger partial charge in [-0.15, -0.1) is 0 Å². The molecule has 0 bridgehead atoms. The molecule has 3 heterocycles. The molecule has 27 heavy (non-hydrogen) atoms. The Morgan fingerprint density at radius 3 is 2.41 bits per heavy atom. The van der Waals surface area contributed by atoms with Crippen LogP contribution < -0.4 is 5.46 Å². The van der Waals surface area contributed by atoms with E-state index < -0.39 is 18.3 Å². The van der Waals surface area contributed by atoms with Crippen molar-refractivity contribution in [3.8, 4) is 0 Å². The number of fused-ring (bicyclic) bond motifs is 1. The normalized spacial score (nSPS) is 24.7. The van der Waals surface area contributed by atoms with Crippen molar-refractivity contribution < 1.29 is 14.0 Å². The first-order valence-corrected chi connectivity index (χ1v) is 10.2. The summed E-state index contributed by atoms with van der Waals surface area (Å²) in [6.45, 7) is 13.0. The molecule has 0 saturated carbocycles. The predicted molar refractivity (Wildman–Crippen MR) is 109 cm³/mol. The van der Waals surface area contributed by atoms with Crippen LogP contribution in [0.25, 0.3) is 10.9 Å². The fourth-order valence-electron chi connectivity index (χ4n) is 3.95. The summed E-state index contributed by atoms with van der Waals surface area (Å²) in [6.07, 6.45) is 3.21. The maximum absolute atomic E-state index is 6.78. The minimum absolute atomic E-state index is 0.0262. The Balaban J connectivity index is 1.88. The van der Waals surface area contributed by atoms with Gasteiger partial charge in [0.25, 0.3) is 0 Å². The van der Waals surface area contributed by atoms with E-state index in [1.807, 2.05) is 18.5 Å². The molecule has 1 atom stereocenters. The highest BCUT2D eigenvalue weighted by Crippen LogP contribution is 2.39. The van der Waals surface area contributed by atoms with E-state index in [0.29, 0.717) is 5.02 Å². The molecule has 146 valence electrons. The SMILES string of the molecule is Cc1cc2c(c(C)nn2C2CCCCO2)c(B2OC(C)(C)C(C)(C)O2)c1Cl. The number of rotatable bonds is 2. The molecular weight excluding hydrogens is 362 g/mol. The van der Waals surface area contributed by atoms with Gasteiger partial charge in [0.2, 0.25) is 0 Å². The van der Waals surface area contributed by atoms with Gasteiger partial charge in [0, 0.05) is 22.5 Å². The fraction of sp³-hybridized carbons (Fsp3) is 0.650. The molecule has 2 fully saturated rings. The maximum Gasteiger partial charge on any atom is 0.497 e. The lowest BCUT2D eigenvalue weighted by molar-refractivity contribution is -0.0368. The summed E-state index contributed by atoms with van der Waals surface area (Å²) in [5.41, 5.74) is 2.98. The lowest BCUT2D eigenvalue weighted by Gasteiger charge is -2.32. The Labute approximate surface area is 166 Å². The molecule has 7 heteroatoms. The van der Waals surface area contributed by atoms with Crippen LogP contribution in [0.3, 0.4) is 0 Å². The van der Waals surface area contributed by atoms with E-state index in [2.05, 4.69) is 33.8 Å². The molecule has 5 nitrogen and oxygen atoms in total. The smallest absolute Gasteiger partial charge is 0.399 e. The second-order valence-corrected chi connectivity index (χ2v) is 9.13. The first-order chi connectivity index (χ1) is 12.6. The summed E-state index contributed by atoms with van der Waals surface area (Å²) in [5, 5.41) is 6.52. The van der Waals surface area contributed by atoms with Crippen LogP contribution in [0.5, 0.6) is 0 Å². The van der Waals surface area contributed by atoms with Crippen molar-refractivity contribution in [2.75, 3.05) is 6.61 Å². The number of ether oxygens (including phenoxy) is 1. The van der Waals surface area contributed by atoms with Crippen molar-refractivity contribution in [3.05, 3.63) is 22.3 Å². The standard InChI is InChI=1S/C20H28BClN2O3/c1-12-11-14-16(13(2)23-24(14)15-9-7-8-10-25-15)17(18(12)22)21-26-19(3,4)20(5,6)27-21/h11,15H,7-10H2,1-6H3. The molecule has 1 aromatic carbocycles. The van der Waals surface area contributed by atoms with Gasteiger partial charge in [-0.2, -0.15) is 5.10 Å². The van der Waals surface area contributed by atoms with Gasteiger partial charge in [0.1, 0.15) is 0 Å². The molecule has 2 saturated heterocycles. The Morgan fingerprint density at radius 1 is 1.15 bits per heavy atom. The molecule has 0 aliphatic carbocycles. The van der Waals surface area contributed by atoms with E-state index in [4.69, 9.17) is 30.7 Å². The van der Waals surface area contributed by atoms with Crippen LogP contribution in [0.2, 0.25) is 5.02 Å². The number of hydrogen-bond donors (Lipinski definition) is 0. The number of hydrogen-bond acceptors (Lipinski definition) is 4. The van der Waals surface area contributed by atoms with Gasteiger partial charge >= 0.3 is 7.12 Å². The van der Waals surface area contributed by atoms with Crippen LogP contribution in [-0.2, 0) is 14.0 Å². The van der Waals surface area contributed by atoms with Gasteiger partial charge in [0.15, 0.2) is 6.23 Å².